The van der Waals surface area contributed by atoms with Crippen LogP contribution in [0.15, 0.2) is 33.9 Å². The van der Waals surface area contributed by atoms with E-state index in [9.17, 15) is 19.7 Å². The molecule has 25 heavy (non-hydrogen) atoms. The van der Waals surface area contributed by atoms with Crippen molar-refractivity contribution in [1.29, 1.82) is 0 Å². The second kappa shape index (κ2) is 6.80. The predicted molar refractivity (Wildman–Crippen MR) is 92.6 cm³/mol. The molecular formula is C16H20N4O5. The zero-order chi connectivity index (χ0) is 18.9. The molecule has 0 aliphatic carbocycles. The van der Waals surface area contributed by atoms with E-state index in [1.54, 1.807) is 24.3 Å². The summed E-state index contributed by atoms with van der Waals surface area (Å²) < 4.78 is 7.29. The van der Waals surface area contributed by atoms with Gasteiger partial charge in [0.2, 0.25) is 6.04 Å². The Hall–Kier alpha value is -3.10. The fourth-order valence-electron chi connectivity index (χ4n) is 2.88. The summed E-state index contributed by atoms with van der Waals surface area (Å²) in [6.45, 7) is 1.39. The van der Waals surface area contributed by atoms with Gasteiger partial charge in [-0.25, -0.2) is 4.79 Å². The van der Waals surface area contributed by atoms with Crippen LogP contribution in [-0.2, 0) is 14.1 Å². The summed E-state index contributed by atoms with van der Waals surface area (Å²) in [6.07, 6.45) is 0. The van der Waals surface area contributed by atoms with Crippen molar-refractivity contribution in [2.24, 2.45) is 14.1 Å². The quantitative estimate of drug-likeness (QED) is 0.619. The van der Waals surface area contributed by atoms with Gasteiger partial charge in [-0.3, -0.25) is 24.0 Å². The molecule has 0 aliphatic heterocycles. The number of benzene rings is 1. The molecule has 9 heteroatoms. The van der Waals surface area contributed by atoms with E-state index in [0.717, 1.165) is 9.13 Å². The van der Waals surface area contributed by atoms with E-state index in [0.29, 0.717) is 11.3 Å². The van der Waals surface area contributed by atoms with Crippen molar-refractivity contribution < 1.29 is 9.66 Å². The SMILES string of the molecule is COc1ccccc1[C@H](c1c(N)n(C)c(=O)n(C)c1=O)[C@@H](C)[N+](=O)[O-]. The lowest BCUT2D eigenvalue weighted by atomic mass is 9.86. The second-order valence-electron chi connectivity index (χ2n) is 5.75. The molecule has 0 saturated carbocycles. The molecular weight excluding hydrogens is 328 g/mol. The van der Waals surface area contributed by atoms with E-state index in [1.165, 1.54) is 28.1 Å². The Balaban J connectivity index is 2.91. The molecule has 0 saturated heterocycles. The summed E-state index contributed by atoms with van der Waals surface area (Å²) in [4.78, 5) is 35.8. The highest BCUT2D eigenvalue weighted by Gasteiger charge is 2.36. The van der Waals surface area contributed by atoms with Gasteiger partial charge < -0.3 is 10.5 Å². The standard InChI is InChI=1S/C16H20N4O5/c1-9(20(23)24)12(10-7-5-6-8-11(10)25-4)13-14(17)18(2)16(22)19(3)15(13)21/h5-9,12H,17H2,1-4H3/t9-,12-/m1/s1. The third kappa shape index (κ3) is 3.00. The molecule has 0 aliphatic rings. The van der Waals surface area contributed by atoms with Crippen LogP contribution in [0, 0.1) is 10.1 Å². The normalized spacial score (nSPS) is 13.3. The number of aromatic nitrogens is 2. The zero-order valence-electron chi connectivity index (χ0n) is 14.4. The van der Waals surface area contributed by atoms with Crippen LogP contribution >= 0.6 is 0 Å². The second-order valence-corrected chi connectivity index (χ2v) is 5.75. The van der Waals surface area contributed by atoms with Crippen molar-refractivity contribution in [3.63, 3.8) is 0 Å². The molecule has 1 aromatic carbocycles. The maximum absolute atomic E-state index is 12.7. The Kier molecular flexibility index (Phi) is 4.96. The van der Waals surface area contributed by atoms with Crippen molar-refractivity contribution in [3.05, 3.63) is 66.3 Å². The molecule has 0 amide bonds. The third-order valence-corrected chi connectivity index (χ3v) is 4.35. The molecule has 2 atom stereocenters. The van der Waals surface area contributed by atoms with Gasteiger partial charge in [-0.2, -0.15) is 0 Å². The van der Waals surface area contributed by atoms with Crippen molar-refractivity contribution in [2.75, 3.05) is 12.8 Å². The van der Waals surface area contributed by atoms with Gasteiger partial charge in [0.15, 0.2) is 0 Å². The fourth-order valence-corrected chi connectivity index (χ4v) is 2.88. The minimum atomic E-state index is -1.16. The number of rotatable bonds is 5. The van der Waals surface area contributed by atoms with E-state index in [2.05, 4.69) is 0 Å². The molecule has 134 valence electrons. The smallest absolute Gasteiger partial charge is 0.332 e. The Morgan fingerprint density at radius 1 is 1.20 bits per heavy atom. The Morgan fingerprint density at radius 2 is 1.80 bits per heavy atom. The maximum Gasteiger partial charge on any atom is 0.332 e. The summed E-state index contributed by atoms with van der Waals surface area (Å²) in [6, 6.07) is 5.55. The number of nitrogens with two attached hydrogens (primary N) is 1. The predicted octanol–water partition coefficient (Wildman–Crippen LogP) is 0.472. The average molecular weight is 348 g/mol. The van der Waals surface area contributed by atoms with Crippen LogP contribution < -0.4 is 21.7 Å². The van der Waals surface area contributed by atoms with Crippen molar-refractivity contribution in [2.45, 2.75) is 18.9 Å². The van der Waals surface area contributed by atoms with Gasteiger partial charge in [0.05, 0.1) is 18.6 Å². The summed E-state index contributed by atoms with van der Waals surface area (Å²) in [5.74, 6) is -0.675. The van der Waals surface area contributed by atoms with E-state index >= 15 is 0 Å². The van der Waals surface area contributed by atoms with Gasteiger partial charge in [-0.05, 0) is 6.07 Å². The van der Waals surface area contributed by atoms with Crippen LogP contribution in [0.5, 0.6) is 5.75 Å². The summed E-state index contributed by atoms with van der Waals surface area (Å²) in [5.41, 5.74) is 5.20. The Bertz CT molecular complexity index is 931. The fraction of sp³-hybridized carbons (Fsp3) is 0.375. The molecule has 9 nitrogen and oxygen atoms in total. The lowest BCUT2D eigenvalue weighted by Gasteiger charge is -2.23. The van der Waals surface area contributed by atoms with E-state index in [4.69, 9.17) is 10.5 Å². The number of nitrogen functional groups attached to an aromatic ring is 1. The van der Waals surface area contributed by atoms with Crippen LogP contribution in [-0.4, -0.2) is 27.2 Å². The van der Waals surface area contributed by atoms with Crippen LogP contribution in [0.4, 0.5) is 5.82 Å². The molecule has 1 heterocycles. The highest BCUT2D eigenvalue weighted by molar-refractivity contribution is 5.50. The first-order chi connectivity index (χ1) is 11.7. The third-order valence-electron chi connectivity index (χ3n) is 4.35. The van der Waals surface area contributed by atoms with Gasteiger partial charge in [0.1, 0.15) is 11.6 Å². The van der Waals surface area contributed by atoms with Crippen LogP contribution in [0.1, 0.15) is 24.0 Å². The lowest BCUT2D eigenvalue weighted by molar-refractivity contribution is -0.520. The van der Waals surface area contributed by atoms with Gasteiger partial charge in [-0.15, -0.1) is 0 Å². The van der Waals surface area contributed by atoms with Crippen LogP contribution in [0.25, 0.3) is 0 Å². The number of nitrogens with zero attached hydrogens (tertiary/aromatic N) is 3. The summed E-state index contributed by atoms with van der Waals surface area (Å²) >= 11 is 0. The zero-order valence-corrected chi connectivity index (χ0v) is 14.4. The molecule has 0 spiro atoms. The average Bonchev–Trinajstić information content (AvgIpc) is 2.61. The van der Waals surface area contributed by atoms with Gasteiger partial charge in [0.25, 0.3) is 5.56 Å². The highest BCUT2D eigenvalue weighted by atomic mass is 16.6. The van der Waals surface area contributed by atoms with E-state index < -0.39 is 28.1 Å². The first kappa shape index (κ1) is 18.2. The molecule has 0 radical (unpaired) electrons. The van der Waals surface area contributed by atoms with E-state index in [1.807, 2.05) is 0 Å². The number of hydrogen-bond acceptors (Lipinski definition) is 6. The first-order valence-electron chi connectivity index (χ1n) is 7.54. The molecule has 1 aromatic heterocycles. The largest absolute Gasteiger partial charge is 0.496 e. The number of ether oxygens (including phenoxy) is 1. The molecule has 0 bridgehead atoms. The maximum atomic E-state index is 12.7. The molecule has 2 N–H and O–H groups in total. The minimum absolute atomic E-state index is 0.00157. The lowest BCUT2D eigenvalue weighted by Crippen LogP contribution is -2.43. The number of anilines is 1. The van der Waals surface area contributed by atoms with Crippen LogP contribution in [0.2, 0.25) is 0 Å². The highest BCUT2D eigenvalue weighted by Crippen LogP contribution is 2.35. The molecule has 2 rings (SSSR count). The van der Waals surface area contributed by atoms with Gasteiger partial charge >= 0.3 is 5.69 Å². The van der Waals surface area contributed by atoms with Crippen molar-refractivity contribution in [1.82, 2.24) is 9.13 Å². The monoisotopic (exact) mass is 348 g/mol. The van der Waals surface area contributed by atoms with E-state index in [-0.39, 0.29) is 11.4 Å². The Labute approximate surface area is 143 Å². The van der Waals surface area contributed by atoms with Crippen molar-refractivity contribution in [3.8, 4) is 5.75 Å². The van der Waals surface area contributed by atoms with Gasteiger partial charge in [0, 0.05) is 31.5 Å². The number of para-hydroxylation sites is 1. The topological polar surface area (TPSA) is 122 Å². The van der Waals surface area contributed by atoms with Crippen LogP contribution in [0.3, 0.4) is 0 Å². The molecule has 0 unspecified atom stereocenters. The number of methoxy groups -OCH3 is 1. The number of nitro groups is 1. The Morgan fingerprint density at radius 3 is 2.36 bits per heavy atom. The molecule has 0 fully saturated rings. The van der Waals surface area contributed by atoms with Crippen molar-refractivity contribution >= 4 is 5.82 Å². The summed E-state index contributed by atoms with van der Waals surface area (Å²) in [7, 11) is 4.16. The summed E-state index contributed by atoms with van der Waals surface area (Å²) in [5, 5.41) is 11.5. The van der Waals surface area contributed by atoms with Gasteiger partial charge in [-0.1, -0.05) is 18.2 Å². The molecule has 2 aromatic rings. The first-order valence-corrected chi connectivity index (χ1v) is 7.54. The number of hydrogen-bond donors (Lipinski definition) is 1. The minimum Gasteiger partial charge on any atom is -0.496 e.